The van der Waals surface area contributed by atoms with Crippen LogP contribution in [0.3, 0.4) is 0 Å². The van der Waals surface area contributed by atoms with Gasteiger partial charge in [-0.2, -0.15) is 0 Å². The van der Waals surface area contributed by atoms with Crippen molar-refractivity contribution >= 4 is 23.2 Å². The average Bonchev–Trinajstić information content (AvgIpc) is 2.42. The van der Waals surface area contributed by atoms with E-state index in [1.807, 2.05) is 31.3 Å². The first-order valence-electron chi connectivity index (χ1n) is 6.70. The number of rotatable bonds is 5. The minimum absolute atomic E-state index is 0.201. The van der Waals surface area contributed by atoms with Crippen molar-refractivity contribution in [2.75, 3.05) is 6.54 Å². The Bertz CT molecular complexity index is 567. The van der Waals surface area contributed by atoms with Crippen molar-refractivity contribution < 1.29 is 0 Å². The average molecular weight is 309 g/mol. The molecule has 0 aliphatic carbocycles. The number of benzene rings is 1. The lowest BCUT2D eigenvalue weighted by atomic mass is 10.00. The molecule has 1 N–H and O–H groups in total. The van der Waals surface area contributed by atoms with Gasteiger partial charge in [0.05, 0.1) is 0 Å². The molecule has 0 radical (unpaired) electrons. The van der Waals surface area contributed by atoms with Gasteiger partial charge in [-0.25, -0.2) is 0 Å². The van der Waals surface area contributed by atoms with E-state index in [9.17, 15) is 0 Å². The van der Waals surface area contributed by atoms with Crippen LogP contribution >= 0.6 is 23.2 Å². The van der Waals surface area contributed by atoms with Crippen LogP contribution in [0.25, 0.3) is 0 Å². The van der Waals surface area contributed by atoms with Crippen LogP contribution in [-0.4, -0.2) is 11.5 Å². The molecule has 4 heteroatoms. The van der Waals surface area contributed by atoms with Crippen LogP contribution < -0.4 is 5.32 Å². The Morgan fingerprint density at radius 2 is 2.00 bits per heavy atom. The third kappa shape index (κ3) is 3.95. The third-order valence-corrected chi connectivity index (χ3v) is 3.81. The van der Waals surface area contributed by atoms with E-state index in [0.717, 1.165) is 24.2 Å². The van der Waals surface area contributed by atoms with Crippen LogP contribution in [0.5, 0.6) is 0 Å². The smallest absolute Gasteiger partial charge is 0.0453 e. The fraction of sp³-hybridized carbons (Fsp3) is 0.312. The molecule has 2 rings (SSSR count). The number of hydrogen-bond donors (Lipinski definition) is 1. The molecule has 0 fully saturated rings. The van der Waals surface area contributed by atoms with Gasteiger partial charge >= 0.3 is 0 Å². The molecule has 2 nitrogen and oxygen atoms in total. The summed E-state index contributed by atoms with van der Waals surface area (Å²) in [6.07, 6.45) is 2.74. The normalized spacial score (nSPS) is 12.4. The predicted octanol–water partition coefficient (Wildman–Crippen LogP) is 4.59. The van der Waals surface area contributed by atoms with Gasteiger partial charge in [0, 0.05) is 28.0 Å². The largest absolute Gasteiger partial charge is 0.310 e. The summed E-state index contributed by atoms with van der Waals surface area (Å²) in [5, 5.41) is 4.85. The van der Waals surface area contributed by atoms with Crippen LogP contribution in [0.15, 0.2) is 36.5 Å². The van der Waals surface area contributed by atoms with Gasteiger partial charge in [0.25, 0.3) is 0 Å². The zero-order chi connectivity index (χ0) is 14.5. The lowest BCUT2D eigenvalue weighted by Crippen LogP contribution is -2.23. The van der Waals surface area contributed by atoms with Crippen LogP contribution in [-0.2, 0) is 6.42 Å². The maximum Gasteiger partial charge on any atom is 0.0453 e. The van der Waals surface area contributed by atoms with E-state index in [2.05, 4.69) is 23.3 Å². The lowest BCUT2D eigenvalue weighted by molar-refractivity contribution is 0.548. The minimum Gasteiger partial charge on any atom is -0.310 e. The second-order valence-electron chi connectivity index (χ2n) is 4.78. The number of halogens is 2. The molecule has 1 aromatic heterocycles. The topological polar surface area (TPSA) is 24.9 Å². The van der Waals surface area contributed by atoms with E-state index < -0.39 is 0 Å². The van der Waals surface area contributed by atoms with Crippen molar-refractivity contribution in [3.8, 4) is 0 Å². The third-order valence-electron chi connectivity index (χ3n) is 3.23. The lowest BCUT2D eigenvalue weighted by Gasteiger charge is -2.19. The highest BCUT2D eigenvalue weighted by Gasteiger charge is 2.13. The Balaban J connectivity index is 2.22. The number of nitrogens with one attached hydrogen (secondary N) is 1. The quantitative estimate of drug-likeness (QED) is 0.874. The summed E-state index contributed by atoms with van der Waals surface area (Å²) in [4.78, 5) is 4.37. The van der Waals surface area contributed by atoms with Crippen molar-refractivity contribution in [2.45, 2.75) is 26.3 Å². The molecule has 0 amide bonds. The zero-order valence-electron chi connectivity index (χ0n) is 11.7. The van der Waals surface area contributed by atoms with E-state index in [-0.39, 0.29) is 6.04 Å². The highest BCUT2D eigenvalue weighted by Crippen LogP contribution is 2.26. The molecular weight excluding hydrogens is 291 g/mol. The minimum atomic E-state index is 0.201. The Hall–Kier alpha value is -1.09. The summed E-state index contributed by atoms with van der Waals surface area (Å²) >= 11 is 12.2. The first-order chi connectivity index (χ1) is 9.60. The second-order valence-corrected chi connectivity index (χ2v) is 5.63. The highest BCUT2D eigenvalue weighted by molar-refractivity contribution is 6.35. The fourth-order valence-electron chi connectivity index (χ4n) is 2.15. The molecule has 1 atom stereocenters. The number of pyridine rings is 1. The Kier molecular flexibility index (Phi) is 5.41. The summed E-state index contributed by atoms with van der Waals surface area (Å²) in [5.41, 5.74) is 3.28. The van der Waals surface area contributed by atoms with E-state index in [1.165, 1.54) is 5.56 Å². The van der Waals surface area contributed by atoms with Crippen LogP contribution in [0.1, 0.15) is 29.8 Å². The number of hydrogen-bond acceptors (Lipinski definition) is 2. The van der Waals surface area contributed by atoms with Crippen molar-refractivity contribution in [1.29, 1.82) is 0 Å². The van der Waals surface area contributed by atoms with Gasteiger partial charge in [-0.1, -0.05) is 42.3 Å². The Morgan fingerprint density at radius 3 is 2.60 bits per heavy atom. The molecule has 20 heavy (non-hydrogen) atoms. The van der Waals surface area contributed by atoms with E-state index in [1.54, 1.807) is 6.07 Å². The SMILES string of the molecule is CCNC(Cc1ccc(Cl)cc1Cl)c1ccc(C)nc1. The molecule has 1 unspecified atom stereocenters. The van der Waals surface area contributed by atoms with Crippen LogP contribution in [0.2, 0.25) is 10.0 Å². The summed E-state index contributed by atoms with van der Waals surface area (Å²) in [5.74, 6) is 0. The van der Waals surface area contributed by atoms with Crippen molar-refractivity contribution in [3.05, 3.63) is 63.4 Å². The number of likely N-dealkylation sites (N-methyl/N-ethyl adjacent to an activating group) is 1. The Labute approximate surface area is 130 Å². The van der Waals surface area contributed by atoms with Crippen molar-refractivity contribution in [2.24, 2.45) is 0 Å². The standard InChI is InChI=1S/C16H18Cl2N2/c1-3-19-16(13-5-4-11(2)20-10-13)8-12-6-7-14(17)9-15(12)18/h4-7,9-10,16,19H,3,8H2,1-2H3. The van der Waals surface area contributed by atoms with Gasteiger partial charge in [-0.15, -0.1) is 0 Å². The summed E-state index contributed by atoms with van der Waals surface area (Å²) in [6.45, 7) is 4.98. The van der Waals surface area contributed by atoms with Gasteiger partial charge in [-0.3, -0.25) is 4.98 Å². The summed E-state index contributed by atoms with van der Waals surface area (Å²) < 4.78 is 0. The molecule has 106 valence electrons. The van der Waals surface area contributed by atoms with E-state index >= 15 is 0 Å². The van der Waals surface area contributed by atoms with Crippen molar-refractivity contribution in [1.82, 2.24) is 10.3 Å². The van der Waals surface area contributed by atoms with Crippen LogP contribution in [0, 0.1) is 6.92 Å². The monoisotopic (exact) mass is 308 g/mol. The van der Waals surface area contributed by atoms with Gasteiger partial charge in [0.15, 0.2) is 0 Å². The van der Waals surface area contributed by atoms with E-state index in [4.69, 9.17) is 23.2 Å². The molecule has 0 saturated heterocycles. The molecule has 0 aliphatic rings. The predicted molar refractivity (Wildman–Crippen MR) is 85.6 cm³/mol. The van der Waals surface area contributed by atoms with Gasteiger partial charge in [0.1, 0.15) is 0 Å². The zero-order valence-corrected chi connectivity index (χ0v) is 13.2. The maximum absolute atomic E-state index is 6.26. The fourth-order valence-corrected chi connectivity index (χ4v) is 2.63. The molecule has 1 heterocycles. The molecule has 0 spiro atoms. The van der Waals surface area contributed by atoms with Crippen LogP contribution in [0.4, 0.5) is 0 Å². The summed E-state index contributed by atoms with van der Waals surface area (Å²) in [6, 6.07) is 9.99. The van der Waals surface area contributed by atoms with Crippen molar-refractivity contribution in [3.63, 3.8) is 0 Å². The Morgan fingerprint density at radius 1 is 1.20 bits per heavy atom. The molecular formula is C16H18Cl2N2. The number of nitrogens with zero attached hydrogens (tertiary/aromatic N) is 1. The van der Waals surface area contributed by atoms with E-state index in [0.29, 0.717) is 10.0 Å². The number of aromatic nitrogens is 1. The second kappa shape index (κ2) is 7.07. The maximum atomic E-state index is 6.26. The molecule has 0 saturated carbocycles. The van der Waals surface area contributed by atoms with Gasteiger partial charge in [0.2, 0.25) is 0 Å². The molecule has 1 aromatic carbocycles. The number of aryl methyl sites for hydroxylation is 1. The van der Waals surface area contributed by atoms with Gasteiger partial charge < -0.3 is 5.32 Å². The molecule has 2 aromatic rings. The molecule has 0 aliphatic heterocycles. The first kappa shape index (κ1) is 15.3. The first-order valence-corrected chi connectivity index (χ1v) is 7.45. The summed E-state index contributed by atoms with van der Waals surface area (Å²) in [7, 11) is 0. The van der Waals surface area contributed by atoms with Gasteiger partial charge in [-0.05, 0) is 49.2 Å². The highest BCUT2D eigenvalue weighted by atomic mass is 35.5. The molecule has 0 bridgehead atoms.